The van der Waals surface area contributed by atoms with Gasteiger partial charge in [0.2, 0.25) is 0 Å². The number of aryl methyl sites for hydroxylation is 1. The summed E-state index contributed by atoms with van der Waals surface area (Å²) in [4.78, 5) is 11.4. The quantitative estimate of drug-likeness (QED) is 0.325. The fraction of sp³-hybridized carbons (Fsp3) is 0.526. The van der Waals surface area contributed by atoms with E-state index in [1.54, 1.807) is 11.0 Å². The summed E-state index contributed by atoms with van der Waals surface area (Å²) in [5.74, 6) is 1.66. The number of rotatable bonds is 9. The lowest BCUT2D eigenvalue weighted by Crippen LogP contribution is -2.37. The first kappa shape index (κ1) is 23.4. The van der Waals surface area contributed by atoms with Crippen LogP contribution in [0.3, 0.4) is 0 Å². The average molecular weight is 485 g/mol. The van der Waals surface area contributed by atoms with Crippen LogP contribution < -0.4 is 10.6 Å². The topological polar surface area (TPSA) is 70.4 Å². The smallest absolute Gasteiger partial charge is 0.191 e. The Balaban J connectivity index is 0.00000364. The number of nitrogens with zero attached hydrogens (tertiary/aromatic N) is 5. The molecule has 2 rings (SSSR count). The Hall–Kier alpha value is -1.68. The third-order valence-corrected chi connectivity index (χ3v) is 4.38. The zero-order valence-corrected chi connectivity index (χ0v) is 19.1. The maximum atomic E-state index is 4.75. The van der Waals surface area contributed by atoms with Crippen molar-refractivity contribution in [2.24, 2.45) is 12.0 Å². The minimum atomic E-state index is 0. The van der Waals surface area contributed by atoms with Crippen molar-refractivity contribution in [1.29, 1.82) is 0 Å². The lowest BCUT2D eigenvalue weighted by Gasteiger charge is -2.20. The van der Waals surface area contributed by atoms with Gasteiger partial charge in [0.05, 0.1) is 13.1 Å². The molecule has 2 N–H and O–H groups in total. The summed E-state index contributed by atoms with van der Waals surface area (Å²) in [6.07, 6.45) is 1.56. The molecule has 7 nitrogen and oxygen atoms in total. The molecule has 0 bridgehead atoms. The second kappa shape index (κ2) is 12.7. The van der Waals surface area contributed by atoms with Gasteiger partial charge in [-0.3, -0.25) is 9.58 Å². The molecule has 0 amide bonds. The molecule has 8 heteroatoms. The fourth-order valence-electron chi connectivity index (χ4n) is 2.70. The molecule has 0 spiro atoms. The standard InChI is InChI=1S/C19H31N7.HI/c1-5-20-19(22-13-18-23-15-24-25(18)4)21-12-16-10-8-9-11-17(16)14-26(6-2)7-3;/h8-11,15H,5-7,12-14H2,1-4H3,(H2,20,21,22);1H. The molecule has 1 aromatic carbocycles. The number of hydrogen-bond acceptors (Lipinski definition) is 4. The van der Waals surface area contributed by atoms with Crippen LogP contribution in [0.1, 0.15) is 37.7 Å². The first-order chi connectivity index (χ1) is 12.7. The first-order valence-corrected chi connectivity index (χ1v) is 9.32. The molecule has 27 heavy (non-hydrogen) atoms. The zero-order chi connectivity index (χ0) is 18.8. The number of benzene rings is 1. The first-order valence-electron chi connectivity index (χ1n) is 9.32. The molecule has 1 aromatic heterocycles. The van der Waals surface area contributed by atoms with E-state index in [0.29, 0.717) is 13.1 Å². The minimum Gasteiger partial charge on any atom is -0.357 e. The lowest BCUT2D eigenvalue weighted by atomic mass is 10.1. The predicted octanol–water partition coefficient (Wildman–Crippen LogP) is 2.53. The van der Waals surface area contributed by atoms with Gasteiger partial charge in [-0.2, -0.15) is 5.10 Å². The highest BCUT2D eigenvalue weighted by Crippen LogP contribution is 2.13. The van der Waals surface area contributed by atoms with Gasteiger partial charge in [-0.05, 0) is 31.1 Å². The molecule has 0 saturated heterocycles. The van der Waals surface area contributed by atoms with Crippen molar-refractivity contribution in [3.05, 3.63) is 47.5 Å². The summed E-state index contributed by atoms with van der Waals surface area (Å²) in [6.45, 7) is 11.6. The molecular formula is C19H32IN7. The highest BCUT2D eigenvalue weighted by atomic mass is 127. The number of guanidine groups is 1. The van der Waals surface area contributed by atoms with Crippen molar-refractivity contribution >= 4 is 29.9 Å². The van der Waals surface area contributed by atoms with Crippen LogP contribution >= 0.6 is 24.0 Å². The Morgan fingerprint density at radius 1 is 1.11 bits per heavy atom. The zero-order valence-electron chi connectivity index (χ0n) is 16.8. The van der Waals surface area contributed by atoms with E-state index < -0.39 is 0 Å². The second-order valence-electron chi connectivity index (χ2n) is 6.08. The predicted molar refractivity (Wildman–Crippen MR) is 121 cm³/mol. The van der Waals surface area contributed by atoms with Crippen molar-refractivity contribution < 1.29 is 0 Å². The molecular weight excluding hydrogens is 453 g/mol. The summed E-state index contributed by atoms with van der Waals surface area (Å²) in [5.41, 5.74) is 2.60. The Labute approximate surface area is 179 Å². The van der Waals surface area contributed by atoms with Crippen LogP contribution in [0, 0.1) is 0 Å². The van der Waals surface area contributed by atoms with Crippen LogP contribution in [0.4, 0.5) is 0 Å². The number of aliphatic imine (C=N–C) groups is 1. The second-order valence-corrected chi connectivity index (χ2v) is 6.08. The summed E-state index contributed by atoms with van der Waals surface area (Å²) in [7, 11) is 1.89. The molecule has 0 atom stereocenters. The van der Waals surface area contributed by atoms with E-state index in [4.69, 9.17) is 4.99 Å². The van der Waals surface area contributed by atoms with Crippen molar-refractivity contribution in [2.75, 3.05) is 19.6 Å². The van der Waals surface area contributed by atoms with Crippen molar-refractivity contribution in [1.82, 2.24) is 30.3 Å². The van der Waals surface area contributed by atoms with Gasteiger partial charge in [-0.1, -0.05) is 38.1 Å². The molecule has 150 valence electrons. The van der Waals surface area contributed by atoms with E-state index in [0.717, 1.165) is 38.0 Å². The van der Waals surface area contributed by atoms with Crippen molar-refractivity contribution in [2.45, 2.75) is 40.4 Å². The third kappa shape index (κ3) is 7.45. The van der Waals surface area contributed by atoms with Crippen LogP contribution in [-0.4, -0.2) is 45.3 Å². The van der Waals surface area contributed by atoms with Gasteiger partial charge in [0.15, 0.2) is 5.96 Å². The van der Waals surface area contributed by atoms with E-state index in [1.165, 1.54) is 11.1 Å². The lowest BCUT2D eigenvalue weighted by molar-refractivity contribution is 0.295. The maximum Gasteiger partial charge on any atom is 0.191 e. The molecule has 0 radical (unpaired) electrons. The molecule has 0 aliphatic carbocycles. The van der Waals surface area contributed by atoms with E-state index >= 15 is 0 Å². The SMILES string of the molecule is CCNC(=NCc1ccccc1CN(CC)CC)NCc1ncnn1C.I. The Kier molecular flexibility index (Phi) is 11.0. The fourth-order valence-corrected chi connectivity index (χ4v) is 2.70. The van der Waals surface area contributed by atoms with Gasteiger partial charge in [-0.25, -0.2) is 9.98 Å². The summed E-state index contributed by atoms with van der Waals surface area (Å²) in [5, 5.41) is 10.7. The number of halogens is 1. The Morgan fingerprint density at radius 2 is 1.81 bits per heavy atom. The maximum absolute atomic E-state index is 4.75. The Bertz CT molecular complexity index is 695. The van der Waals surface area contributed by atoms with E-state index in [-0.39, 0.29) is 24.0 Å². The molecule has 0 aliphatic rings. The normalized spacial score (nSPS) is 11.4. The van der Waals surface area contributed by atoms with Gasteiger partial charge in [0, 0.05) is 20.1 Å². The molecule has 0 unspecified atom stereocenters. The molecule has 0 aliphatic heterocycles. The van der Waals surface area contributed by atoms with E-state index in [2.05, 4.69) is 70.7 Å². The van der Waals surface area contributed by atoms with Gasteiger partial charge >= 0.3 is 0 Å². The highest BCUT2D eigenvalue weighted by Gasteiger charge is 2.07. The molecule has 0 fully saturated rings. The van der Waals surface area contributed by atoms with Crippen molar-refractivity contribution in [3.63, 3.8) is 0 Å². The Morgan fingerprint density at radius 3 is 2.41 bits per heavy atom. The highest BCUT2D eigenvalue weighted by molar-refractivity contribution is 14.0. The van der Waals surface area contributed by atoms with Gasteiger partial charge < -0.3 is 10.6 Å². The van der Waals surface area contributed by atoms with E-state index in [1.807, 2.05) is 7.05 Å². The van der Waals surface area contributed by atoms with Crippen LogP contribution in [0.5, 0.6) is 0 Å². The number of nitrogens with one attached hydrogen (secondary N) is 2. The summed E-state index contributed by atoms with van der Waals surface area (Å²) >= 11 is 0. The van der Waals surface area contributed by atoms with Crippen LogP contribution in [0.15, 0.2) is 35.6 Å². The molecule has 0 saturated carbocycles. The number of aromatic nitrogens is 3. The van der Waals surface area contributed by atoms with E-state index in [9.17, 15) is 0 Å². The minimum absolute atomic E-state index is 0. The van der Waals surface area contributed by atoms with Crippen molar-refractivity contribution in [3.8, 4) is 0 Å². The van der Waals surface area contributed by atoms with Crippen LogP contribution in [0.25, 0.3) is 0 Å². The van der Waals surface area contributed by atoms with Gasteiger partial charge in [0.25, 0.3) is 0 Å². The largest absolute Gasteiger partial charge is 0.357 e. The van der Waals surface area contributed by atoms with Gasteiger partial charge in [-0.15, -0.1) is 24.0 Å². The monoisotopic (exact) mass is 485 g/mol. The number of hydrogen-bond donors (Lipinski definition) is 2. The van der Waals surface area contributed by atoms with Crippen LogP contribution in [0.2, 0.25) is 0 Å². The molecule has 1 heterocycles. The molecule has 2 aromatic rings. The average Bonchev–Trinajstić information content (AvgIpc) is 3.07. The summed E-state index contributed by atoms with van der Waals surface area (Å²) < 4.78 is 1.76. The van der Waals surface area contributed by atoms with Crippen LogP contribution in [-0.2, 0) is 26.7 Å². The summed E-state index contributed by atoms with van der Waals surface area (Å²) in [6, 6.07) is 8.54. The third-order valence-electron chi connectivity index (χ3n) is 4.38. The van der Waals surface area contributed by atoms with Gasteiger partial charge in [0.1, 0.15) is 12.2 Å².